The fraction of sp³-hybridized carbons (Fsp3) is 0.600. The van der Waals surface area contributed by atoms with Crippen LogP contribution in [0, 0.1) is 25.2 Å². The van der Waals surface area contributed by atoms with Crippen molar-refractivity contribution in [2.24, 2.45) is 11.7 Å². The van der Waals surface area contributed by atoms with Crippen LogP contribution < -0.4 is 10.6 Å². The van der Waals surface area contributed by atoms with Crippen molar-refractivity contribution in [2.75, 3.05) is 18.0 Å². The van der Waals surface area contributed by atoms with Gasteiger partial charge in [0.05, 0.1) is 5.56 Å². The molecule has 1 fully saturated rings. The molecule has 1 heterocycles. The van der Waals surface area contributed by atoms with E-state index in [1.165, 1.54) is 12.8 Å². The summed E-state index contributed by atoms with van der Waals surface area (Å²) in [5.74, 6) is 1.82. The van der Waals surface area contributed by atoms with Gasteiger partial charge >= 0.3 is 0 Å². The van der Waals surface area contributed by atoms with E-state index < -0.39 is 0 Å². The minimum Gasteiger partial charge on any atom is -0.384 e. The minimum atomic E-state index is 0.122. The van der Waals surface area contributed by atoms with Gasteiger partial charge in [0.25, 0.3) is 0 Å². The number of nitrogen functional groups attached to an aromatic ring is 1. The molecular weight excluding hydrogens is 236 g/mol. The van der Waals surface area contributed by atoms with Gasteiger partial charge in [-0.3, -0.25) is 5.41 Å². The van der Waals surface area contributed by atoms with E-state index in [1.54, 1.807) is 0 Å². The fourth-order valence-electron chi connectivity index (χ4n) is 2.54. The lowest BCUT2D eigenvalue weighted by Gasteiger charge is -2.26. The van der Waals surface area contributed by atoms with Crippen molar-refractivity contribution in [3.8, 4) is 0 Å². The van der Waals surface area contributed by atoms with Gasteiger partial charge in [0, 0.05) is 18.8 Å². The number of rotatable bonds is 6. The van der Waals surface area contributed by atoms with Crippen LogP contribution in [-0.4, -0.2) is 23.9 Å². The summed E-state index contributed by atoms with van der Waals surface area (Å²) in [6.07, 6.45) is 3.72. The average Bonchev–Trinajstić information content (AvgIpc) is 3.10. The molecular formula is C15H24N4. The minimum absolute atomic E-state index is 0.122. The molecule has 0 saturated heterocycles. The summed E-state index contributed by atoms with van der Waals surface area (Å²) in [5, 5.41) is 7.82. The molecule has 0 bridgehead atoms. The third-order valence-electron chi connectivity index (χ3n) is 3.56. The molecule has 19 heavy (non-hydrogen) atoms. The Kier molecular flexibility index (Phi) is 4.08. The Morgan fingerprint density at radius 1 is 1.47 bits per heavy atom. The van der Waals surface area contributed by atoms with E-state index in [-0.39, 0.29) is 5.84 Å². The molecule has 0 spiro atoms. The van der Waals surface area contributed by atoms with Crippen LogP contribution in [0.5, 0.6) is 0 Å². The Labute approximate surface area is 115 Å². The molecule has 3 N–H and O–H groups in total. The van der Waals surface area contributed by atoms with Gasteiger partial charge in [-0.15, -0.1) is 0 Å². The highest BCUT2D eigenvalue weighted by Crippen LogP contribution is 2.32. The maximum atomic E-state index is 7.82. The van der Waals surface area contributed by atoms with Crippen LogP contribution in [0.2, 0.25) is 0 Å². The Morgan fingerprint density at radius 2 is 2.16 bits per heavy atom. The van der Waals surface area contributed by atoms with E-state index in [0.29, 0.717) is 0 Å². The molecule has 1 aliphatic carbocycles. The maximum absolute atomic E-state index is 7.82. The molecule has 1 aromatic rings. The zero-order valence-corrected chi connectivity index (χ0v) is 12.2. The van der Waals surface area contributed by atoms with Gasteiger partial charge in [0.15, 0.2) is 0 Å². The van der Waals surface area contributed by atoms with Crippen molar-refractivity contribution < 1.29 is 0 Å². The number of nitrogens with two attached hydrogens (primary N) is 1. The summed E-state index contributed by atoms with van der Waals surface area (Å²) in [7, 11) is 0. The molecule has 1 aromatic heterocycles. The van der Waals surface area contributed by atoms with Gasteiger partial charge in [0.1, 0.15) is 11.7 Å². The monoisotopic (exact) mass is 260 g/mol. The summed E-state index contributed by atoms with van der Waals surface area (Å²) in [6.45, 7) is 8.21. The quantitative estimate of drug-likeness (QED) is 0.610. The highest BCUT2D eigenvalue weighted by Gasteiger charge is 2.26. The maximum Gasteiger partial charge on any atom is 0.140 e. The third kappa shape index (κ3) is 3.25. The van der Waals surface area contributed by atoms with Gasteiger partial charge < -0.3 is 10.6 Å². The Hall–Kier alpha value is -1.58. The Bertz CT molecular complexity index is 477. The van der Waals surface area contributed by atoms with E-state index in [1.807, 2.05) is 19.9 Å². The second-order valence-electron chi connectivity index (χ2n) is 5.58. The molecule has 0 radical (unpaired) electrons. The highest BCUT2D eigenvalue weighted by atomic mass is 15.2. The summed E-state index contributed by atoms with van der Waals surface area (Å²) in [5.41, 5.74) is 8.61. The smallest absolute Gasteiger partial charge is 0.140 e. The fourth-order valence-corrected chi connectivity index (χ4v) is 2.54. The first kappa shape index (κ1) is 13.8. The molecule has 1 aliphatic rings. The lowest BCUT2D eigenvalue weighted by molar-refractivity contribution is 0.697. The highest BCUT2D eigenvalue weighted by molar-refractivity contribution is 6.01. The molecule has 0 aliphatic heterocycles. The lowest BCUT2D eigenvalue weighted by Crippen LogP contribution is -2.31. The van der Waals surface area contributed by atoms with Crippen molar-refractivity contribution in [3.05, 3.63) is 22.9 Å². The number of aromatic nitrogens is 1. The molecule has 104 valence electrons. The number of aryl methyl sites for hydroxylation is 2. The van der Waals surface area contributed by atoms with Crippen molar-refractivity contribution in [3.63, 3.8) is 0 Å². The first-order valence-corrected chi connectivity index (χ1v) is 7.10. The van der Waals surface area contributed by atoms with Gasteiger partial charge in [-0.1, -0.05) is 6.92 Å². The Morgan fingerprint density at radius 3 is 2.68 bits per heavy atom. The standard InChI is InChI=1S/C15H24N4/c1-4-7-19(9-12-5-6-12)15-13(14(16)17)10(2)8-11(3)18-15/h8,12H,4-7,9H2,1-3H3,(H3,16,17). The van der Waals surface area contributed by atoms with Crippen LogP contribution >= 0.6 is 0 Å². The first-order valence-electron chi connectivity index (χ1n) is 7.10. The zero-order valence-electron chi connectivity index (χ0n) is 12.2. The van der Waals surface area contributed by atoms with Crippen LogP contribution in [0.3, 0.4) is 0 Å². The molecule has 4 nitrogen and oxygen atoms in total. The van der Waals surface area contributed by atoms with Crippen molar-refractivity contribution in [1.29, 1.82) is 5.41 Å². The predicted octanol–water partition coefficient (Wildman–Crippen LogP) is 2.61. The van der Waals surface area contributed by atoms with Crippen LogP contribution in [0.25, 0.3) is 0 Å². The molecule has 0 amide bonds. The van der Waals surface area contributed by atoms with Gasteiger partial charge in [-0.25, -0.2) is 4.98 Å². The summed E-state index contributed by atoms with van der Waals surface area (Å²) in [6, 6.07) is 2.00. The van der Waals surface area contributed by atoms with E-state index in [0.717, 1.165) is 48.1 Å². The number of hydrogen-bond acceptors (Lipinski definition) is 3. The second-order valence-corrected chi connectivity index (χ2v) is 5.58. The largest absolute Gasteiger partial charge is 0.384 e. The van der Waals surface area contributed by atoms with E-state index in [2.05, 4.69) is 16.8 Å². The molecule has 0 unspecified atom stereocenters. The number of anilines is 1. The number of amidine groups is 1. The Balaban J connectivity index is 2.40. The summed E-state index contributed by atoms with van der Waals surface area (Å²) >= 11 is 0. The first-order chi connectivity index (χ1) is 9.02. The third-order valence-corrected chi connectivity index (χ3v) is 3.56. The molecule has 0 atom stereocenters. The van der Waals surface area contributed by atoms with Crippen LogP contribution in [0.1, 0.15) is 43.0 Å². The van der Waals surface area contributed by atoms with Gasteiger partial charge in [-0.2, -0.15) is 0 Å². The summed E-state index contributed by atoms with van der Waals surface area (Å²) < 4.78 is 0. The molecule has 4 heteroatoms. The van der Waals surface area contributed by atoms with Crippen molar-refractivity contribution >= 4 is 11.7 Å². The van der Waals surface area contributed by atoms with Crippen LogP contribution in [0.15, 0.2) is 6.07 Å². The molecule has 2 rings (SSSR count). The lowest BCUT2D eigenvalue weighted by atomic mass is 10.1. The SMILES string of the molecule is CCCN(CC1CC1)c1nc(C)cc(C)c1C(=N)N. The number of pyridine rings is 1. The van der Waals surface area contributed by atoms with Crippen LogP contribution in [-0.2, 0) is 0 Å². The normalized spacial score (nSPS) is 14.5. The van der Waals surface area contributed by atoms with Gasteiger partial charge in [0.2, 0.25) is 0 Å². The van der Waals surface area contributed by atoms with E-state index >= 15 is 0 Å². The molecule has 1 saturated carbocycles. The average molecular weight is 260 g/mol. The van der Waals surface area contributed by atoms with Crippen molar-refractivity contribution in [1.82, 2.24) is 4.98 Å². The van der Waals surface area contributed by atoms with Crippen LogP contribution in [0.4, 0.5) is 5.82 Å². The zero-order chi connectivity index (χ0) is 14.0. The number of nitrogens with zero attached hydrogens (tertiary/aromatic N) is 2. The topological polar surface area (TPSA) is 66.0 Å². The van der Waals surface area contributed by atoms with E-state index in [9.17, 15) is 0 Å². The second kappa shape index (κ2) is 5.59. The number of nitrogens with one attached hydrogen (secondary N) is 1. The van der Waals surface area contributed by atoms with Crippen molar-refractivity contribution in [2.45, 2.75) is 40.0 Å². The molecule has 0 aromatic carbocycles. The summed E-state index contributed by atoms with van der Waals surface area (Å²) in [4.78, 5) is 6.97. The van der Waals surface area contributed by atoms with E-state index in [4.69, 9.17) is 11.1 Å². The van der Waals surface area contributed by atoms with Gasteiger partial charge in [-0.05, 0) is 50.7 Å². The number of hydrogen-bond donors (Lipinski definition) is 2. The predicted molar refractivity (Wildman–Crippen MR) is 80.0 cm³/mol.